The molecule has 0 saturated heterocycles. The lowest BCUT2D eigenvalue weighted by atomic mass is 10.00. The van der Waals surface area contributed by atoms with Gasteiger partial charge in [-0.15, -0.1) is 0 Å². The predicted octanol–water partition coefficient (Wildman–Crippen LogP) is 4.64. The van der Waals surface area contributed by atoms with Crippen LogP contribution in [0.2, 0.25) is 0 Å². The number of pyridine rings is 1. The minimum absolute atomic E-state index is 0.561. The Hall–Kier alpha value is -2.04. The average molecular weight is 294 g/mol. The van der Waals surface area contributed by atoms with E-state index in [1.807, 2.05) is 20.8 Å². The van der Waals surface area contributed by atoms with Crippen LogP contribution in [0, 0.1) is 20.8 Å². The van der Waals surface area contributed by atoms with Gasteiger partial charge in [0.15, 0.2) is 0 Å². The molecule has 0 fully saturated rings. The van der Waals surface area contributed by atoms with E-state index in [1.54, 1.807) is 0 Å². The zero-order chi connectivity index (χ0) is 15.6. The third-order valence-electron chi connectivity index (χ3n) is 3.36. The lowest BCUT2D eigenvalue weighted by Gasteiger charge is -2.13. The smallest absolute Gasteiger partial charge is 0.380 e. The molecule has 5 heteroatoms. The molecule has 0 amide bonds. The molecule has 21 heavy (non-hydrogen) atoms. The van der Waals surface area contributed by atoms with Gasteiger partial charge in [-0.2, -0.15) is 13.2 Å². The molecule has 112 valence electrons. The molecule has 1 aromatic carbocycles. The number of benzene rings is 1. The van der Waals surface area contributed by atoms with Gasteiger partial charge in [0.2, 0.25) is 0 Å². The fraction of sp³-hybridized carbons (Fsp3) is 0.312. The van der Waals surface area contributed by atoms with Crippen LogP contribution in [0.4, 0.5) is 18.9 Å². The molecule has 0 aliphatic rings. The highest BCUT2D eigenvalue weighted by Crippen LogP contribution is 2.28. The number of aromatic nitrogens is 1. The van der Waals surface area contributed by atoms with Gasteiger partial charge in [-0.25, -0.2) is 4.98 Å². The number of anilines is 1. The van der Waals surface area contributed by atoms with Gasteiger partial charge in [-0.3, -0.25) is 0 Å². The summed E-state index contributed by atoms with van der Waals surface area (Å²) in [4.78, 5) is 3.43. The highest BCUT2D eigenvalue weighted by atomic mass is 19.4. The lowest BCUT2D eigenvalue weighted by molar-refractivity contribution is -0.141. The van der Waals surface area contributed by atoms with E-state index >= 15 is 0 Å². The Balaban J connectivity index is 2.10. The van der Waals surface area contributed by atoms with E-state index in [2.05, 4.69) is 22.4 Å². The summed E-state index contributed by atoms with van der Waals surface area (Å²) in [6.07, 6.45) is -3.19. The first-order valence-corrected chi connectivity index (χ1v) is 6.61. The van der Waals surface area contributed by atoms with Crippen molar-refractivity contribution in [2.24, 2.45) is 0 Å². The predicted molar refractivity (Wildman–Crippen MR) is 77.2 cm³/mol. The van der Waals surface area contributed by atoms with E-state index in [1.165, 1.54) is 29.0 Å². The van der Waals surface area contributed by atoms with Crippen molar-refractivity contribution in [3.8, 4) is 0 Å². The first-order chi connectivity index (χ1) is 9.77. The number of halogens is 3. The maximum absolute atomic E-state index is 12.4. The Morgan fingerprint density at radius 3 is 2.14 bits per heavy atom. The van der Waals surface area contributed by atoms with Gasteiger partial charge in [0.1, 0.15) is 5.69 Å². The van der Waals surface area contributed by atoms with E-state index in [0.717, 1.165) is 11.6 Å². The summed E-state index contributed by atoms with van der Waals surface area (Å²) >= 11 is 0. The Bertz CT molecular complexity index is 608. The van der Waals surface area contributed by atoms with Gasteiger partial charge >= 0.3 is 6.18 Å². The van der Waals surface area contributed by atoms with Crippen molar-refractivity contribution in [2.75, 3.05) is 5.32 Å². The molecule has 1 N–H and O–H groups in total. The van der Waals surface area contributed by atoms with Crippen LogP contribution in [-0.2, 0) is 12.7 Å². The molecule has 0 unspecified atom stereocenters. The largest absolute Gasteiger partial charge is 0.433 e. The fourth-order valence-electron chi connectivity index (χ4n) is 2.35. The SMILES string of the molecule is Cc1cc(C)c(CNc2ccc(C(F)(F)F)nc2)c(C)c1. The molecule has 0 saturated carbocycles. The maximum atomic E-state index is 12.4. The minimum atomic E-state index is -4.40. The van der Waals surface area contributed by atoms with Crippen LogP contribution in [0.5, 0.6) is 0 Å². The van der Waals surface area contributed by atoms with Crippen molar-refractivity contribution in [3.63, 3.8) is 0 Å². The molecule has 2 aromatic rings. The van der Waals surface area contributed by atoms with Gasteiger partial charge in [-0.05, 0) is 49.6 Å². The molecule has 0 aliphatic carbocycles. The van der Waals surface area contributed by atoms with Crippen molar-refractivity contribution < 1.29 is 13.2 Å². The van der Waals surface area contributed by atoms with Crippen LogP contribution in [-0.4, -0.2) is 4.98 Å². The first-order valence-electron chi connectivity index (χ1n) is 6.61. The summed E-state index contributed by atoms with van der Waals surface area (Å²) in [5, 5.41) is 3.11. The van der Waals surface area contributed by atoms with Crippen LogP contribution >= 0.6 is 0 Å². The Morgan fingerprint density at radius 1 is 1.05 bits per heavy atom. The molecule has 1 heterocycles. The molecule has 0 bridgehead atoms. The van der Waals surface area contributed by atoms with Crippen LogP contribution in [0.15, 0.2) is 30.5 Å². The zero-order valence-electron chi connectivity index (χ0n) is 12.2. The number of aryl methyl sites for hydroxylation is 3. The van der Waals surface area contributed by atoms with Crippen LogP contribution in [0.3, 0.4) is 0 Å². The summed E-state index contributed by atoms with van der Waals surface area (Å²) in [5.74, 6) is 0. The topological polar surface area (TPSA) is 24.9 Å². The second-order valence-electron chi connectivity index (χ2n) is 5.16. The summed E-state index contributed by atoms with van der Waals surface area (Å²) in [6.45, 7) is 6.66. The van der Waals surface area contributed by atoms with Crippen molar-refractivity contribution in [1.29, 1.82) is 0 Å². The summed E-state index contributed by atoms with van der Waals surface area (Å²) in [6, 6.07) is 6.57. The van der Waals surface area contributed by atoms with Crippen molar-refractivity contribution >= 4 is 5.69 Å². The van der Waals surface area contributed by atoms with E-state index in [4.69, 9.17) is 0 Å². The van der Waals surface area contributed by atoms with Crippen LogP contribution < -0.4 is 5.32 Å². The van der Waals surface area contributed by atoms with Crippen LogP contribution in [0.25, 0.3) is 0 Å². The molecule has 0 atom stereocenters. The summed E-state index contributed by atoms with van der Waals surface area (Å²) in [7, 11) is 0. The number of nitrogens with one attached hydrogen (secondary N) is 1. The van der Waals surface area contributed by atoms with Gasteiger partial charge in [0.25, 0.3) is 0 Å². The highest BCUT2D eigenvalue weighted by Gasteiger charge is 2.31. The van der Waals surface area contributed by atoms with Gasteiger partial charge < -0.3 is 5.32 Å². The number of rotatable bonds is 3. The minimum Gasteiger partial charge on any atom is -0.380 e. The standard InChI is InChI=1S/C16H17F3N2/c1-10-6-11(2)14(12(3)7-10)9-20-13-4-5-15(21-8-13)16(17,18)19/h4-8,20H,9H2,1-3H3. The number of nitrogens with zero attached hydrogens (tertiary/aromatic N) is 1. The third kappa shape index (κ3) is 3.74. The number of hydrogen-bond donors (Lipinski definition) is 1. The Morgan fingerprint density at radius 2 is 1.67 bits per heavy atom. The molecular weight excluding hydrogens is 277 g/mol. The van der Waals surface area contributed by atoms with E-state index in [9.17, 15) is 13.2 Å². The zero-order valence-corrected chi connectivity index (χ0v) is 12.2. The Labute approximate surface area is 122 Å². The van der Waals surface area contributed by atoms with Gasteiger partial charge in [0, 0.05) is 6.54 Å². The van der Waals surface area contributed by atoms with E-state index < -0.39 is 11.9 Å². The molecule has 2 rings (SSSR count). The summed E-state index contributed by atoms with van der Waals surface area (Å²) in [5.41, 5.74) is 4.38. The molecule has 1 aromatic heterocycles. The molecule has 0 spiro atoms. The highest BCUT2D eigenvalue weighted by molar-refractivity contribution is 5.45. The maximum Gasteiger partial charge on any atom is 0.433 e. The van der Waals surface area contributed by atoms with Gasteiger partial charge in [-0.1, -0.05) is 17.7 Å². The number of hydrogen-bond acceptors (Lipinski definition) is 2. The first kappa shape index (κ1) is 15.4. The molecule has 0 aliphatic heterocycles. The molecular formula is C16H17F3N2. The second-order valence-corrected chi connectivity index (χ2v) is 5.16. The lowest BCUT2D eigenvalue weighted by Crippen LogP contribution is -2.09. The molecule has 0 radical (unpaired) electrons. The van der Waals surface area contributed by atoms with Crippen molar-refractivity contribution in [1.82, 2.24) is 4.98 Å². The van der Waals surface area contributed by atoms with Crippen molar-refractivity contribution in [2.45, 2.75) is 33.5 Å². The number of alkyl halides is 3. The monoisotopic (exact) mass is 294 g/mol. The van der Waals surface area contributed by atoms with Gasteiger partial charge in [0.05, 0.1) is 11.9 Å². The fourth-order valence-corrected chi connectivity index (χ4v) is 2.35. The second kappa shape index (κ2) is 5.76. The van der Waals surface area contributed by atoms with E-state index in [-0.39, 0.29) is 0 Å². The molecule has 2 nitrogen and oxygen atoms in total. The van der Waals surface area contributed by atoms with Crippen LogP contribution in [0.1, 0.15) is 27.9 Å². The van der Waals surface area contributed by atoms with Crippen molar-refractivity contribution in [3.05, 3.63) is 58.4 Å². The normalized spacial score (nSPS) is 11.5. The summed E-state index contributed by atoms with van der Waals surface area (Å²) < 4.78 is 37.3. The average Bonchev–Trinajstić information content (AvgIpc) is 2.37. The van der Waals surface area contributed by atoms with E-state index in [0.29, 0.717) is 12.2 Å². The quantitative estimate of drug-likeness (QED) is 0.892. The third-order valence-corrected chi connectivity index (χ3v) is 3.36. The Kier molecular flexibility index (Phi) is 4.21.